The van der Waals surface area contributed by atoms with Gasteiger partial charge >= 0.3 is 0 Å². The highest BCUT2D eigenvalue weighted by Crippen LogP contribution is 2.42. The van der Waals surface area contributed by atoms with Crippen molar-refractivity contribution in [2.24, 2.45) is 5.92 Å². The molecule has 1 aromatic rings. The summed E-state index contributed by atoms with van der Waals surface area (Å²) in [7, 11) is 0. The standard InChI is InChI=1S/C14H18FN/c1-8(2)14-12-6-11(15)5-9-3-4-10(7-16-14)13(9)12/h5-6,8,10,14,16H,3-4,7H2,1-2H3. The minimum absolute atomic E-state index is 0.0660. The molecule has 86 valence electrons. The zero-order chi connectivity index (χ0) is 11.3. The van der Waals surface area contributed by atoms with E-state index in [0.29, 0.717) is 17.9 Å². The Bertz CT molecular complexity index is 425. The first-order chi connectivity index (χ1) is 7.66. The molecule has 2 heteroatoms. The first kappa shape index (κ1) is 10.3. The van der Waals surface area contributed by atoms with Crippen LogP contribution in [0.1, 0.15) is 48.9 Å². The van der Waals surface area contributed by atoms with Crippen LogP contribution in [-0.4, -0.2) is 6.54 Å². The molecule has 3 rings (SSSR count). The van der Waals surface area contributed by atoms with Gasteiger partial charge in [0.25, 0.3) is 0 Å². The third-order valence-electron chi connectivity index (χ3n) is 4.02. The van der Waals surface area contributed by atoms with Crippen molar-refractivity contribution in [3.63, 3.8) is 0 Å². The molecule has 0 fully saturated rings. The van der Waals surface area contributed by atoms with E-state index >= 15 is 0 Å². The molecule has 1 nitrogen and oxygen atoms in total. The highest BCUT2D eigenvalue weighted by Gasteiger charge is 2.34. The molecular formula is C14H18FN. The minimum Gasteiger partial charge on any atom is -0.309 e. The summed E-state index contributed by atoms with van der Waals surface area (Å²) in [4.78, 5) is 0. The molecule has 0 aromatic heterocycles. The average molecular weight is 219 g/mol. The Hall–Kier alpha value is -0.890. The van der Waals surface area contributed by atoms with Crippen molar-refractivity contribution >= 4 is 0 Å². The predicted octanol–water partition coefficient (Wildman–Crippen LogP) is 3.16. The average Bonchev–Trinajstić information content (AvgIpc) is 2.62. The van der Waals surface area contributed by atoms with Crippen molar-refractivity contribution in [1.82, 2.24) is 5.32 Å². The van der Waals surface area contributed by atoms with Crippen LogP contribution in [0.2, 0.25) is 0 Å². The number of benzene rings is 1. The highest BCUT2D eigenvalue weighted by molar-refractivity contribution is 5.45. The maximum atomic E-state index is 13.6. The van der Waals surface area contributed by atoms with E-state index in [-0.39, 0.29) is 5.82 Å². The van der Waals surface area contributed by atoms with Gasteiger partial charge in [-0.25, -0.2) is 4.39 Å². The van der Waals surface area contributed by atoms with Crippen LogP contribution < -0.4 is 5.32 Å². The summed E-state index contributed by atoms with van der Waals surface area (Å²) in [5.41, 5.74) is 3.93. The van der Waals surface area contributed by atoms with Crippen LogP contribution in [0.25, 0.3) is 0 Å². The second-order valence-corrected chi connectivity index (χ2v) is 5.43. The van der Waals surface area contributed by atoms with E-state index in [1.165, 1.54) is 23.1 Å². The Kier molecular flexibility index (Phi) is 2.28. The third-order valence-corrected chi connectivity index (χ3v) is 4.02. The van der Waals surface area contributed by atoms with Gasteiger partial charge in [0.05, 0.1) is 0 Å². The van der Waals surface area contributed by atoms with Crippen LogP contribution in [0.5, 0.6) is 0 Å². The van der Waals surface area contributed by atoms with Crippen LogP contribution in [0.3, 0.4) is 0 Å². The molecule has 1 aliphatic carbocycles. The second kappa shape index (κ2) is 3.56. The molecule has 0 saturated heterocycles. The lowest BCUT2D eigenvalue weighted by atomic mass is 9.83. The first-order valence-corrected chi connectivity index (χ1v) is 6.22. The summed E-state index contributed by atoms with van der Waals surface area (Å²) in [6.07, 6.45) is 2.24. The summed E-state index contributed by atoms with van der Waals surface area (Å²) >= 11 is 0. The maximum Gasteiger partial charge on any atom is 0.123 e. The van der Waals surface area contributed by atoms with Gasteiger partial charge in [0.2, 0.25) is 0 Å². The Morgan fingerprint density at radius 2 is 2.19 bits per heavy atom. The van der Waals surface area contributed by atoms with Gasteiger partial charge in [-0.15, -0.1) is 0 Å². The van der Waals surface area contributed by atoms with E-state index in [1.807, 2.05) is 0 Å². The normalized spacial score (nSPS) is 27.2. The van der Waals surface area contributed by atoms with Crippen LogP contribution in [0.15, 0.2) is 12.1 Å². The zero-order valence-electron chi connectivity index (χ0n) is 9.89. The highest BCUT2D eigenvalue weighted by atomic mass is 19.1. The summed E-state index contributed by atoms with van der Waals surface area (Å²) in [5.74, 6) is 1.08. The van der Waals surface area contributed by atoms with Crippen molar-refractivity contribution in [3.05, 3.63) is 34.6 Å². The number of rotatable bonds is 1. The number of nitrogens with one attached hydrogen (secondary N) is 1. The van der Waals surface area contributed by atoms with Crippen LogP contribution >= 0.6 is 0 Å². The van der Waals surface area contributed by atoms with E-state index in [1.54, 1.807) is 12.1 Å². The van der Waals surface area contributed by atoms with Crippen LogP contribution in [0, 0.1) is 11.7 Å². The maximum absolute atomic E-state index is 13.6. The Morgan fingerprint density at radius 1 is 1.38 bits per heavy atom. The molecule has 1 heterocycles. The largest absolute Gasteiger partial charge is 0.309 e. The summed E-state index contributed by atoms with van der Waals surface area (Å²) in [6.45, 7) is 5.46. The molecule has 2 atom stereocenters. The Balaban J connectivity index is 2.16. The molecule has 1 aromatic carbocycles. The Labute approximate surface area is 96.1 Å². The molecule has 1 aliphatic heterocycles. The Morgan fingerprint density at radius 3 is 2.94 bits per heavy atom. The predicted molar refractivity (Wildman–Crippen MR) is 63.0 cm³/mol. The zero-order valence-corrected chi connectivity index (χ0v) is 9.89. The molecule has 0 amide bonds. The lowest BCUT2D eigenvalue weighted by molar-refractivity contribution is 0.370. The molecule has 2 aliphatic rings. The first-order valence-electron chi connectivity index (χ1n) is 6.22. The number of aryl methyl sites for hydroxylation is 1. The van der Waals surface area contributed by atoms with Gasteiger partial charge in [0, 0.05) is 12.6 Å². The molecule has 1 N–H and O–H groups in total. The van der Waals surface area contributed by atoms with E-state index in [2.05, 4.69) is 19.2 Å². The molecule has 0 spiro atoms. The fourth-order valence-electron chi connectivity index (χ4n) is 3.31. The number of hydrogen-bond acceptors (Lipinski definition) is 1. The van der Waals surface area contributed by atoms with Crippen molar-refractivity contribution in [3.8, 4) is 0 Å². The van der Waals surface area contributed by atoms with Gasteiger partial charge in [-0.05, 0) is 53.5 Å². The quantitative estimate of drug-likeness (QED) is 0.765. The summed E-state index contributed by atoms with van der Waals surface area (Å²) in [5, 5.41) is 3.57. The van der Waals surface area contributed by atoms with Crippen molar-refractivity contribution < 1.29 is 4.39 Å². The molecule has 16 heavy (non-hydrogen) atoms. The van der Waals surface area contributed by atoms with Gasteiger partial charge in [-0.3, -0.25) is 0 Å². The lowest BCUT2D eigenvalue weighted by Crippen LogP contribution is -2.35. The lowest BCUT2D eigenvalue weighted by Gasteiger charge is -2.33. The molecule has 2 unspecified atom stereocenters. The SMILES string of the molecule is CC(C)C1NCC2CCc3cc(F)cc1c32. The number of halogens is 1. The van der Waals surface area contributed by atoms with Crippen LogP contribution in [0.4, 0.5) is 4.39 Å². The van der Waals surface area contributed by atoms with Gasteiger partial charge in [0.1, 0.15) is 5.82 Å². The summed E-state index contributed by atoms with van der Waals surface area (Å²) in [6, 6.07) is 3.81. The monoisotopic (exact) mass is 219 g/mol. The topological polar surface area (TPSA) is 12.0 Å². The molecule has 0 radical (unpaired) electrons. The van der Waals surface area contributed by atoms with Gasteiger partial charge in [-0.2, -0.15) is 0 Å². The fraction of sp³-hybridized carbons (Fsp3) is 0.571. The van der Waals surface area contributed by atoms with E-state index in [9.17, 15) is 4.39 Å². The second-order valence-electron chi connectivity index (χ2n) is 5.43. The summed E-state index contributed by atoms with van der Waals surface area (Å²) < 4.78 is 13.6. The smallest absolute Gasteiger partial charge is 0.123 e. The van der Waals surface area contributed by atoms with Crippen molar-refractivity contribution in [1.29, 1.82) is 0 Å². The molecule has 0 saturated carbocycles. The van der Waals surface area contributed by atoms with Gasteiger partial charge in [-0.1, -0.05) is 13.8 Å². The van der Waals surface area contributed by atoms with Crippen LogP contribution in [-0.2, 0) is 6.42 Å². The third kappa shape index (κ3) is 1.40. The molecular weight excluding hydrogens is 201 g/mol. The number of hydrogen-bond donors (Lipinski definition) is 1. The van der Waals surface area contributed by atoms with E-state index in [4.69, 9.17) is 0 Å². The van der Waals surface area contributed by atoms with Gasteiger partial charge in [0.15, 0.2) is 0 Å². The minimum atomic E-state index is -0.0660. The van der Waals surface area contributed by atoms with E-state index < -0.39 is 0 Å². The van der Waals surface area contributed by atoms with Crippen molar-refractivity contribution in [2.45, 2.75) is 38.6 Å². The fourth-order valence-corrected chi connectivity index (χ4v) is 3.31. The van der Waals surface area contributed by atoms with Gasteiger partial charge < -0.3 is 5.32 Å². The van der Waals surface area contributed by atoms with Crippen molar-refractivity contribution in [2.75, 3.05) is 6.54 Å². The molecule has 0 bridgehead atoms. The van der Waals surface area contributed by atoms with E-state index in [0.717, 1.165) is 13.0 Å².